The number of benzene rings is 2. The molecule has 0 fully saturated rings. The van der Waals surface area contributed by atoms with Crippen LogP contribution in [0.1, 0.15) is 10.5 Å². The maximum atomic E-state index is 12.8. The topological polar surface area (TPSA) is 72.7 Å². The first-order chi connectivity index (χ1) is 12.2. The summed E-state index contributed by atoms with van der Waals surface area (Å²) < 4.78 is 1.81. The molecule has 1 N–H and O–H groups in total. The van der Waals surface area contributed by atoms with Gasteiger partial charge < -0.3 is 9.88 Å². The summed E-state index contributed by atoms with van der Waals surface area (Å²) in [5.41, 5.74) is 1.86. The number of para-hydroxylation sites is 1. The Labute approximate surface area is 144 Å². The van der Waals surface area contributed by atoms with E-state index in [1.54, 1.807) is 17.1 Å². The molecular weight excluding hydrogens is 314 g/mol. The molecule has 0 aliphatic rings. The van der Waals surface area contributed by atoms with Crippen LogP contribution in [0, 0.1) is 0 Å². The largest absolute Gasteiger partial charge is 0.320 e. The third-order valence-corrected chi connectivity index (χ3v) is 4.02. The molecule has 122 valence electrons. The number of carbonyl (C=O) groups excluding carboxylic acids is 1. The van der Waals surface area contributed by atoms with E-state index in [1.165, 1.54) is 0 Å². The zero-order valence-corrected chi connectivity index (χ0v) is 13.5. The van der Waals surface area contributed by atoms with Crippen LogP contribution in [0.2, 0.25) is 0 Å². The van der Waals surface area contributed by atoms with Gasteiger partial charge in [0.15, 0.2) is 5.82 Å². The molecular formula is C19H15N5O. The van der Waals surface area contributed by atoms with Gasteiger partial charge in [0.1, 0.15) is 12.0 Å². The lowest BCUT2D eigenvalue weighted by Crippen LogP contribution is -2.15. The molecule has 0 aliphatic carbocycles. The number of amides is 1. The number of hydrogen-bond acceptors (Lipinski definition) is 4. The summed E-state index contributed by atoms with van der Waals surface area (Å²) in [6.45, 7) is 0. The van der Waals surface area contributed by atoms with Crippen LogP contribution in [0.25, 0.3) is 22.2 Å². The summed E-state index contributed by atoms with van der Waals surface area (Å²) >= 11 is 0. The maximum absolute atomic E-state index is 12.8. The SMILES string of the molecule is Cn1cnnc1-c1ccccc1NC(=O)c1nccc2ccccc12. The van der Waals surface area contributed by atoms with Crippen molar-refractivity contribution in [2.24, 2.45) is 7.05 Å². The monoisotopic (exact) mass is 329 g/mol. The zero-order valence-electron chi connectivity index (χ0n) is 13.5. The van der Waals surface area contributed by atoms with Gasteiger partial charge in [-0.05, 0) is 23.6 Å². The molecule has 1 amide bonds. The van der Waals surface area contributed by atoms with E-state index < -0.39 is 0 Å². The Morgan fingerprint density at radius 3 is 2.68 bits per heavy atom. The lowest BCUT2D eigenvalue weighted by atomic mass is 10.1. The van der Waals surface area contributed by atoms with Crippen LogP contribution in [-0.2, 0) is 7.05 Å². The first kappa shape index (κ1) is 15.0. The number of rotatable bonds is 3. The number of aryl methyl sites for hydroxylation is 1. The normalized spacial score (nSPS) is 10.8. The van der Waals surface area contributed by atoms with Gasteiger partial charge in [-0.2, -0.15) is 0 Å². The van der Waals surface area contributed by atoms with E-state index >= 15 is 0 Å². The number of nitrogens with one attached hydrogen (secondary N) is 1. The molecule has 0 radical (unpaired) electrons. The second-order valence-electron chi connectivity index (χ2n) is 5.65. The van der Waals surface area contributed by atoms with Crippen LogP contribution in [0.5, 0.6) is 0 Å². The van der Waals surface area contributed by atoms with E-state index in [-0.39, 0.29) is 5.91 Å². The second-order valence-corrected chi connectivity index (χ2v) is 5.65. The zero-order chi connectivity index (χ0) is 17.2. The first-order valence-electron chi connectivity index (χ1n) is 7.82. The van der Waals surface area contributed by atoms with Gasteiger partial charge in [-0.15, -0.1) is 10.2 Å². The molecule has 2 aromatic carbocycles. The summed E-state index contributed by atoms with van der Waals surface area (Å²) in [6.07, 6.45) is 3.27. The van der Waals surface area contributed by atoms with Crippen molar-refractivity contribution in [2.75, 3.05) is 5.32 Å². The van der Waals surface area contributed by atoms with Gasteiger partial charge in [-0.3, -0.25) is 9.78 Å². The summed E-state index contributed by atoms with van der Waals surface area (Å²) in [6, 6.07) is 17.1. The van der Waals surface area contributed by atoms with Gasteiger partial charge in [-0.1, -0.05) is 36.4 Å². The number of nitrogens with zero attached hydrogens (tertiary/aromatic N) is 4. The molecule has 0 unspecified atom stereocenters. The molecule has 25 heavy (non-hydrogen) atoms. The van der Waals surface area contributed by atoms with E-state index in [1.807, 2.05) is 61.6 Å². The van der Waals surface area contributed by atoms with E-state index in [0.29, 0.717) is 17.2 Å². The van der Waals surface area contributed by atoms with E-state index in [2.05, 4.69) is 20.5 Å². The third-order valence-electron chi connectivity index (χ3n) is 4.02. The minimum absolute atomic E-state index is 0.258. The highest BCUT2D eigenvalue weighted by atomic mass is 16.1. The molecule has 0 bridgehead atoms. The Hall–Kier alpha value is -3.54. The Morgan fingerprint density at radius 1 is 1.04 bits per heavy atom. The van der Waals surface area contributed by atoms with Gasteiger partial charge in [-0.25, -0.2) is 0 Å². The average molecular weight is 329 g/mol. The molecule has 0 spiro atoms. The summed E-state index contributed by atoms with van der Waals surface area (Å²) in [5.74, 6) is 0.424. The maximum Gasteiger partial charge on any atom is 0.274 e. The predicted molar refractivity (Wildman–Crippen MR) is 96.1 cm³/mol. The van der Waals surface area contributed by atoms with Gasteiger partial charge in [0.2, 0.25) is 0 Å². The third kappa shape index (κ3) is 2.74. The molecule has 4 rings (SSSR count). The van der Waals surface area contributed by atoms with Crippen molar-refractivity contribution in [2.45, 2.75) is 0 Å². The summed E-state index contributed by atoms with van der Waals surface area (Å²) in [4.78, 5) is 17.1. The minimum atomic E-state index is -0.258. The molecule has 4 aromatic rings. The molecule has 0 saturated heterocycles. The van der Waals surface area contributed by atoms with Crippen LogP contribution in [0.4, 0.5) is 5.69 Å². The average Bonchev–Trinajstić information content (AvgIpc) is 3.07. The van der Waals surface area contributed by atoms with Crippen LogP contribution in [-0.4, -0.2) is 25.7 Å². The fraction of sp³-hybridized carbons (Fsp3) is 0.0526. The van der Waals surface area contributed by atoms with Gasteiger partial charge >= 0.3 is 0 Å². The number of aromatic nitrogens is 4. The number of carbonyl (C=O) groups is 1. The van der Waals surface area contributed by atoms with Gasteiger partial charge in [0.05, 0.1) is 5.69 Å². The number of fused-ring (bicyclic) bond motifs is 1. The highest BCUT2D eigenvalue weighted by Gasteiger charge is 2.15. The Kier molecular flexibility index (Phi) is 3.70. The van der Waals surface area contributed by atoms with Crippen molar-refractivity contribution >= 4 is 22.4 Å². The number of hydrogen-bond donors (Lipinski definition) is 1. The fourth-order valence-electron chi connectivity index (χ4n) is 2.80. The first-order valence-corrected chi connectivity index (χ1v) is 7.82. The van der Waals surface area contributed by atoms with E-state index in [4.69, 9.17) is 0 Å². The highest BCUT2D eigenvalue weighted by Crippen LogP contribution is 2.26. The van der Waals surface area contributed by atoms with Crippen molar-refractivity contribution in [1.82, 2.24) is 19.7 Å². The summed E-state index contributed by atoms with van der Waals surface area (Å²) in [7, 11) is 1.86. The van der Waals surface area contributed by atoms with Crippen molar-refractivity contribution in [3.8, 4) is 11.4 Å². The van der Waals surface area contributed by atoms with Crippen LogP contribution in [0.15, 0.2) is 67.1 Å². The van der Waals surface area contributed by atoms with Gasteiger partial charge in [0.25, 0.3) is 5.91 Å². The van der Waals surface area contributed by atoms with Crippen LogP contribution in [0.3, 0.4) is 0 Å². The molecule has 0 saturated carbocycles. The molecule has 6 nitrogen and oxygen atoms in total. The van der Waals surface area contributed by atoms with Crippen LogP contribution >= 0.6 is 0 Å². The quantitative estimate of drug-likeness (QED) is 0.626. The molecule has 0 atom stereocenters. The molecule has 2 aromatic heterocycles. The minimum Gasteiger partial charge on any atom is -0.320 e. The van der Waals surface area contributed by atoms with Crippen molar-refractivity contribution in [1.29, 1.82) is 0 Å². The Bertz CT molecular complexity index is 1060. The van der Waals surface area contributed by atoms with Crippen molar-refractivity contribution in [3.63, 3.8) is 0 Å². The number of pyridine rings is 1. The highest BCUT2D eigenvalue weighted by molar-refractivity contribution is 6.12. The summed E-state index contributed by atoms with van der Waals surface area (Å²) in [5, 5.41) is 12.8. The standard InChI is InChI=1S/C19H15N5O/c1-24-12-21-23-18(24)15-8-4-5-9-16(15)22-19(25)17-14-7-3-2-6-13(14)10-11-20-17/h2-12H,1H3,(H,22,25). The molecule has 2 heterocycles. The van der Waals surface area contributed by atoms with E-state index in [9.17, 15) is 4.79 Å². The second kappa shape index (κ2) is 6.16. The lowest BCUT2D eigenvalue weighted by Gasteiger charge is -2.11. The number of anilines is 1. The van der Waals surface area contributed by atoms with Crippen LogP contribution < -0.4 is 5.32 Å². The molecule has 0 aliphatic heterocycles. The van der Waals surface area contributed by atoms with Gasteiger partial charge in [0, 0.05) is 24.2 Å². The Morgan fingerprint density at radius 2 is 1.84 bits per heavy atom. The lowest BCUT2D eigenvalue weighted by molar-refractivity contribution is 0.102. The smallest absolute Gasteiger partial charge is 0.274 e. The van der Waals surface area contributed by atoms with E-state index in [0.717, 1.165) is 16.3 Å². The molecule has 6 heteroatoms. The van der Waals surface area contributed by atoms with Crippen molar-refractivity contribution < 1.29 is 4.79 Å². The van der Waals surface area contributed by atoms with Crippen molar-refractivity contribution in [3.05, 3.63) is 72.8 Å². The Balaban J connectivity index is 1.74. The predicted octanol–water partition coefficient (Wildman–Crippen LogP) is 3.28. The fourth-order valence-corrected chi connectivity index (χ4v) is 2.80.